The molecule has 7 nitrogen and oxygen atoms in total. The second kappa shape index (κ2) is 7.62. The van der Waals surface area contributed by atoms with Gasteiger partial charge in [0, 0.05) is 58.1 Å². The van der Waals surface area contributed by atoms with Crippen LogP contribution in [0.3, 0.4) is 0 Å². The maximum Gasteiger partial charge on any atom is 0.224 e. The van der Waals surface area contributed by atoms with Crippen LogP contribution >= 0.6 is 0 Å². The van der Waals surface area contributed by atoms with Gasteiger partial charge in [0.25, 0.3) is 0 Å². The molecule has 0 spiro atoms. The number of hydrogen-bond acceptors (Lipinski definition) is 6. The predicted octanol–water partition coefficient (Wildman–Crippen LogP) is 2.13. The Kier molecular flexibility index (Phi) is 5.29. The van der Waals surface area contributed by atoms with Crippen molar-refractivity contribution in [3.63, 3.8) is 0 Å². The Bertz CT molecular complexity index is 681. The lowest BCUT2D eigenvalue weighted by Gasteiger charge is -2.34. The first-order valence-corrected chi connectivity index (χ1v) is 8.67. The van der Waals surface area contributed by atoms with E-state index in [1.54, 1.807) is 12.4 Å². The minimum Gasteiger partial charge on any atom is -0.367 e. The molecule has 0 saturated carbocycles. The van der Waals surface area contributed by atoms with E-state index < -0.39 is 5.66 Å². The smallest absolute Gasteiger partial charge is 0.224 e. The summed E-state index contributed by atoms with van der Waals surface area (Å²) in [7, 11) is 2.12. The highest BCUT2D eigenvalue weighted by Crippen LogP contribution is 2.37. The highest BCUT2D eigenvalue weighted by molar-refractivity contribution is 5.94. The van der Waals surface area contributed by atoms with Gasteiger partial charge in [0.2, 0.25) is 5.91 Å². The first kappa shape index (κ1) is 17.4. The second-order valence-electron chi connectivity index (χ2n) is 6.62. The Hall–Kier alpha value is -2.46. The van der Waals surface area contributed by atoms with Gasteiger partial charge in [0.05, 0.1) is 17.6 Å². The van der Waals surface area contributed by atoms with Gasteiger partial charge in [-0.05, 0) is 13.1 Å². The fourth-order valence-corrected chi connectivity index (χ4v) is 3.00. The van der Waals surface area contributed by atoms with E-state index in [4.69, 9.17) is 6.42 Å². The molecule has 0 atom stereocenters. The Labute approximate surface area is 148 Å². The van der Waals surface area contributed by atoms with Crippen LogP contribution in [0.4, 0.5) is 11.4 Å². The van der Waals surface area contributed by atoms with Crippen molar-refractivity contribution in [3.8, 4) is 12.3 Å². The van der Waals surface area contributed by atoms with E-state index in [0.29, 0.717) is 19.3 Å². The van der Waals surface area contributed by atoms with Gasteiger partial charge in [-0.1, -0.05) is 0 Å². The molecule has 132 valence electrons. The van der Waals surface area contributed by atoms with Gasteiger partial charge in [-0.15, -0.1) is 12.3 Å². The first-order valence-electron chi connectivity index (χ1n) is 8.67. The number of hydrogen-bond donors (Lipinski definition) is 1. The van der Waals surface area contributed by atoms with Gasteiger partial charge in [0.15, 0.2) is 5.66 Å². The molecule has 0 aliphatic carbocycles. The molecule has 0 bridgehead atoms. The average molecular weight is 340 g/mol. The standard InChI is InChI=1S/C18H24N6O/c1-3-4-7-18(21-22-18)8-5-17(25)20-15-14-19-9-6-16(15)24-12-10-23(2)11-13-24/h1,6,9,14H,4-5,7-8,10-13H2,2H3,(H,20,25). The lowest BCUT2D eigenvalue weighted by atomic mass is 10.0. The fourth-order valence-electron chi connectivity index (χ4n) is 3.00. The van der Waals surface area contributed by atoms with Crippen LogP contribution in [0.25, 0.3) is 0 Å². The maximum atomic E-state index is 12.4. The molecule has 2 aliphatic heterocycles. The van der Waals surface area contributed by atoms with Gasteiger partial charge in [-0.3, -0.25) is 9.78 Å². The van der Waals surface area contributed by atoms with Crippen molar-refractivity contribution in [3.05, 3.63) is 18.5 Å². The van der Waals surface area contributed by atoms with Crippen LogP contribution < -0.4 is 10.2 Å². The summed E-state index contributed by atoms with van der Waals surface area (Å²) < 4.78 is 0. The van der Waals surface area contributed by atoms with Crippen molar-refractivity contribution in [1.29, 1.82) is 0 Å². The molecule has 0 aromatic carbocycles. The van der Waals surface area contributed by atoms with E-state index in [1.165, 1.54) is 0 Å². The van der Waals surface area contributed by atoms with Crippen molar-refractivity contribution < 1.29 is 4.79 Å². The van der Waals surface area contributed by atoms with Crippen LogP contribution in [-0.2, 0) is 4.79 Å². The summed E-state index contributed by atoms with van der Waals surface area (Å²) in [5.74, 6) is 2.56. The molecule has 0 unspecified atom stereocenters. The Morgan fingerprint density at radius 2 is 2.08 bits per heavy atom. The molecule has 1 fully saturated rings. The topological polar surface area (TPSA) is 73.2 Å². The highest BCUT2D eigenvalue weighted by Gasteiger charge is 2.39. The van der Waals surface area contributed by atoms with Crippen LogP contribution in [0.15, 0.2) is 28.7 Å². The summed E-state index contributed by atoms with van der Waals surface area (Å²) in [6, 6.07) is 1.96. The summed E-state index contributed by atoms with van der Waals surface area (Å²) in [5, 5.41) is 11.1. The largest absolute Gasteiger partial charge is 0.367 e. The number of anilines is 2. The summed E-state index contributed by atoms with van der Waals surface area (Å²) in [6.45, 7) is 3.90. The predicted molar refractivity (Wildman–Crippen MR) is 97.5 cm³/mol. The van der Waals surface area contributed by atoms with Gasteiger partial charge < -0.3 is 15.1 Å². The number of amides is 1. The van der Waals surface area contributed by atoms with Crippen LogP contribution in [0, 0.1) is 12.3 Å². The van der Waals surface area contributed by atoms with Gasteiger partial charge >= 0.3 is 0 Å². The fraction of sp³-hybridized carbons (Fsp3) is 0.556. The molecule has 1 saturated heterocycles. The molecule has 0 radical (unpaired) electrons. The molecule has 7 heteroatoms. The Morgan fingerprint density at radius 1 is 1.32 bits per heavy atom. The number of aromatic nitrogens is 1. The van der Waals surface area contributed by atoms with Gasteiger partial charge in [-0.25, -0.2) is 0 Å². The van der Waals surface area contributed by atoms with Crippen molar-refractivity contribution in [2.45, 2.75) is 31.3 Å². The zero-order chi connectivity index (χ0) is 17.7. The number of likely N-dealkylation sites (N-methyl/N-ethyl adjacent to an activating group) is 1. The SMILES string of the molecule is C#CCCC1(CCC(=O)Nc2cnccc2N2CCN(C)CC2)N=N1. The monoisotopic (exact) mass is 340 g/mol. The molecule has 1 aromatic rings. The van der Waals surface area contributed by atoms with Crippen LogP contribution in [0.2, 0.25) is 0 Å². The van der Waals surface area contributed by atoms with E-state index >= 15 is 0 Å². The maximum absolute atomic E-state index is 12.4. The highest BCUT2D eigenvalue weighted by atomic mass is 16.1. The molecule has 3 heterocycles. The number of piperazine rings is 1. The molecular formula is C18H24N6O. The van der Waals surface area contributed by atoms with Crippen molar-refractivity contribution in [1.82, 2.24) is 9.88 Å². The Balaban J connectivity index is 1.56. The van der Waals surface area contributed by atoms with E-state index in [0.717, 1.165) is 44.0 Å². The van der Waals surface area contributed by atoms with E-state index in [9.17, 15) is 4.79 Å². The number of nitrogens with one attached hydrogen (secondary N) is 1. The van der Waals surface area contributed by atoms with Gasteiger partial charge in [0.1, 0.15) is 0 Å². The number of pyridine rings is 1. The second-order valence-corrected chi connectivity index (χ2v) is 6.62. The normalized spacial score (nSPS) is 18.6. The summed E-state index contributed by atoms with van der Waals surface area (Å²) in [6.07, 6.45) is 11.1. The molecule has 25 heavy (non-hydrogen) atoms. The number of rotatable bonds is 7. The van der Waals surface area contributed by atoms with Crippen LogP contribution in [0.1, 0.15) is 25.7 Å². The van der Waals surface area contributed by atoms with Crippen LogP contribution in [-0.4, -0.2) is 54.7 Å². The summed E-state index contributed by atoms with van der Waals surface area (Å²) in [4.78, 5) is 21.1. The quantitative estimate of drug-likeness (QED) is 0.772. The summed E-state index contributed by atoms with van der Waals surface area (Å²) >= 11 is 0. The zero-order valence-corrected chi connectivity index (χ0v) is 14.6. The molecule has 2 aliphatic rings. The number of terminal acetylenes is 1. The van der Waals surface area contributed by atoms with Crippen molar-refractivity contribution in [2.75, 3.05) is 43.4 Å². The summed E-state index contributed by atoms with van der Waals surface area (Å²) in [5.41, 5.74) is 1.37. The number of nitrogens with zero attached hydrogens (tertiary/aromatic N) is 5. The van der Waals surface area contributed by atoms with Crippen LogP contribution in [0.5, 0.6) is 0 Å². The number of carbonyl (C=O) groups is 1. The molecule has 3 rings (SSSR count). The third-order valence-corrected chi connectivity index (χ3v) is 4.72. The molecule has 1 N–H and O–H groups in total. The minimum absolute atomic E-state index is 0.0410. The zero-order valence-electron chi connectivity index (χ0n) is 14.6. The lowest BCUT2D eigenvalue weighted by Crippen LogP contribution is -2.44. The lowest BCUT2D eigenvalue weighted by molar-refractivity contribution is -0.116. The molecule has 1 amide bonds. The van der Waals surface area contributed by atoms with Crippen molar-refractivity contribution >= 4 is 17.3 Å². The third-order valence-electron chi connectivity index (χ3n) is 4.72. The van der Waals surface area contributed by atoms with E-state index in [2.05, 4.69) is 43.3 Å². The Morgan fingerprint density at radius 3 is 2.76 bits per heavy atom. The average Bonchev–Trinajstić information content (AvgIpc) is 3.40. The van der Waals surface area contributed by atoms with E-state index in [1.807, 2.05) is 6.07 Å². The number of carbonyl (C=O) groups excluding carboxylic acids is 1. The van der Waals surface area contributed by atoms with E-state index in [-0.39, 0.29) is 5.91 Å². The first-order chi connectivity index (χ1) is 12.1. The van der Waals surface area contributed by atoms with Gasteiger partial charge in [-0.2, -0.15) is 10.2 Å². The molecular weight excluding hydrogens is 316 g/mol. The third kappa shape index (κ3) is 4.54. The van der Waals surface area contributed by atoms with Crippen molar-refractivity contribution in [2.24, 2.45) is 10.2 Å². The molecule has 1 aromatic heterocycles. The minimum atomic E-state index is -0.418.